The number of carbonyl (C=O) groups is 2. The maximum absolute atomic E-state index is 12.8. The topological polar surface area (TPSA) is 87.2 Å². The second-order valence-corrected chi connectivity index (χ2v) is 14.6. The van der Waals surface area contributed by atoms with Crippen LogP contribution in [0.4, 0.5) is 22.7 Å². The first-order valence-electron chi connectivity index (χ1n) is 18.5. The van der Waals surface area contributed by atoms with Crippen molar-refractivity contribution in [3.8, 4) is 0 Å². The molecule has 2 aromatic heterocycles. The zero-order valence-corrected chi connectivity index (χ0v) is 30.7. The highest BCUT2D eigenvalue weighted by atomic mass is 16.2. The van der Waals surface area contributed by atoms with Crippen LogP contribution in [-0.4, -0.2) is 28.3 Å². The van der Waals surface area contributed by atoms with Crippen molar-refractivity contribution >= 4 is 56.4 Å². The number of hydrogen-bond acceptors (Lipinski definition) is 5. The zero-order valence-electron chi connectivity index (χ0n) is 30.7. The molecule has 0 atom stereocenters. The molecule has 2 heterocycles. The number of anilines is 4. The highest BCUT2D eigenvalue weighted by molar-refractivity contribution is 6.08. The van der Waals surface area contributed by atoms with Gasteiger partial charge in [0, 0.05) is 35.1 Å². The van der Waals surface area contributed by atoms with Crippen molar-refractivity contribution in [2.75, 3.05) is 22.1 Å². The van der Waals surface area contributed by atoms with E-state index in [-0.39, 0.29) is 17.2 Å². The van der Waals surface area contributed by atoms with Crippen molar-refractivity contribution in [3.63, 3.8) is 0 Å². The van der Waals surface area contributed by atoms with Crippen molar-refractivity contribution in [2.24, 2.45) is 5.92 Å². The number of rotatable bonds is 8. The molecule has 1 fully saturated rings. The molecule has 4 aromatic carbocycles. The normalized spacial score (nSPS) is 13.2. The molecule has 7 rings (SSSR count). The van der Waals surface area contributed by atoms with Gasteiger partial charge in [0.15, 0.2) is 0 Å². The molecule has 0 radical (unpaired) electrons. The van der Waals surface area contributed by atoms with Crippen molar-refractivity contribution in [3.05, 3.63) is 133 Å². The molecule has 1 aliphatic carbocycles. The van der Waals surface area contributed by atoms with Crippen LogP contribution in [0.2, 0.25) is 0 Å². The third kappa shape index (κ3) is 9.02. The number of amides is 2. The van der Waals surface area contributed by atoms with E-state index in [2.05, 4.69) is 53.5 Å². The maximum Gasteiger partial charge on any atom is 0.257 e. The number of aromatic nitrogens is 2. The first kappa shape index (κ1) is 36.2. The van der Waals surface area contributed by atoms with Crippen LogP contribution < -0.4 is 15.5 Å². The lowest BCUT2D eigenvalue weighted by molar-refractivity contribution is -0.117. The molecule has 2 amide bonds. The quantitative estimate of drug-likeness (QED) is 0.166. The Balaban J connectivity index is 0.000000179. The fourth-order valence-corrected chi connectivity index (χ4v) is 6.71. The maximum atomic E-state index is 12.8. The summed E-state index contributed by atoms with van der Waals surface area (Å²) in [5, 5.41) is 8.53. The minimum atomic E-state index is -0.112. The summed E-state index contributed by atoms with van der Waals surface area (Å²) >= 11 is 0. The Labute approximate surface area is 307 Å². The van der Waals surface area contributed by atoms with Gasteiger partial charge in [-0.1, -0.05) is 108 Å². The van der Waals surface area contributed by atoms with E-state index in [4.69, 9.17) is 0 Å². The molecule has 52 heavy (non-hydrogen) atoms. The number of fused-ring (bicyclic) bond motifs is 2. The van der Waals surface area contributed by atoms with Gasteiger partial charge in [-0.15, -0.1) is 0 Å². The van der Waals surface area contributed by atoms with Crippen molar-refractivity contribution in [2.45, 2.75) is 71.6 Å². The predicted molar refractivity (Wildman–Crippen MR) is 216 cm³/mol. The fraction of sp³-hybridized carbons (Fsp3) is 0.289. The number of benzene rings is 4. The molecule has 7 nitrogen and oxygen atoms in total. The van der Waals surface area contributed by atoms with Crippen LogP contribution in [-0.2, 0) is 10.2 Å². The van der Waals surface area contributed by atoms with Crippen LogP contribution in [0.1, 0.15) is 82.1 Å². The largest absolute Gasteiger partial charge is 0.384 e. The second kappa shape index (κ2) is 16.6. The van der Waals surface area contributed by atoms with Gasteiger partial charge in [-0.05, 0) is 78.3 Å². The first-order valence-corrected chi connectivity index (χ1v) is 18.5. The first-order chi connectivity index (χ1) is 25.2. The molecule has 1 aliphatic rings. The molecule has 0 saturated heterocycles. The molecular weight excluding hydrogens is 643 g/mol. The fourth-order valence-electron chi connectivity index (χ4n) is 6.71. The summed E-state index contributed by atoms with van der Waals surface area (Å²) in [6.07, 6.45) is 10.5. The van der Waals surface area contributed by atoms with Crippen LogP contribution in [0.3, 0.4) is 0 Å². The van der Waals surface area contributed by atoms with Crippen LogP contribution in [0.5, 0.6) is 0 Å². The van der Waals surface area contributed by atoms with E-state index < -0.39 is 0 Å². The van der Waals surface area contributed by atoms with E-state index >= 15 is 0 Å². The summed E-state index contributed by atoms with van der Waals surface area (Å²) in [6, 6.07) is 35.8. The van der Waals surface area contributed by atoms with Crippen molar-refractivity contribution in [1.29, 1.82) is 0 Å². The van der Waals surface area contributed by atoms with Crippen LogP contribution in [0, 0.1) is 5.92 Å². The Morgan fingerprint density at radius 1 is 0.731 bits per heavy atom. The number of carbonyl (C=O) groups excluding carboxylic acids is 2. The Morgan fingerprint density at radius 3 is 2.02 bits per heavy atom. The van der Waals surface area contributed by atoms with Gasteiger partial charge in [-0.2, -0.15) is 0 Å². The van der Waals surface area contributed by atoms with Gasteiger partial charge in [0.2, 0.25) is 5.91 Å². The Bertz CT molecular complexity index is 2130. The molecule has 266 valence electrons. The predicted octanol–water partition coefficient (Wildman–Crippen LogP) is 11.1. The van der Waals surface area contributed by atoms with E-state index in [0.29, 0.717) is 23.6 Å². The van der Waals surface area contributed by atoms with E-state index in [0.717, 1.165) is 45.4 Å². The number of pyridine rings is 2. The van der Waals surface area contributed by atoms with E-state index in [9.17, 15) is 9.59 Å². The summed E-state index contributed by atoms with van der Waals surface area (Å²) in [5.74, 6) is 0.652. The minimum absolute atomic E-state index is 0.0561. The van der Waals surface area contributed by atoms with Gasteiger partial charge in [-0.3, -0.25) is 24.5 Å². The molecule has 6 aromatic rings. The van der Waals surface area contributed by atoms with Crippen molar-refractivity contribution in [1.82, 2.24) is 9.97 Å². The Kier molecular flexibility index (Phi) is 11.6. The highest BCUT2D eigenvalue weighted by Gasteiger charge is 2.20. The summed E-state index contributed by atoms with van der Waals surface area (Å²) in [7, 11) is 0. The van der Waals surface area contributed by atoms with E-state index in [1.165, 1.54) is 37.7 Å². The average molecular weight is 692 g/mol. The summed E-state index contributed by atoms with van der Waals surface area (Å²) in [4.78, 5) is 36.2. The van der Waals surface area contributed by atoms with Gasteiger partial charge >= 0.3 is 0 Å². The monoisotopic (exact) mass is 691 g/mol. The van der Waals surface area contributed by atoms with E-state index in [1.54, 1.807) is 17.3 Å². The molecule has 1 saturated carbocycles. The minimum Gasteiger partial charge on any atom is -0.384 e. The average Bonchev–Trinajstić information content (AvgIpc) is 3.17. The molecule has 0 aliphatic heterocycles. The lowest BCUT2D eigenvalue weighted by atomic mass is 9.87. The zero-order chi connectivity index (χ0) is 36.5. The van der Waals surface area contributed by atoms with Gasteiger partial charge < -0.3 is 10.6 Å². The molecule has 0 unspecified atom stereocenters. The van der Waals surface area contributed by atoms with Crippen LogP contribution >= 0.6 is 0 Å². The van der Waals surface area contributed by atoms with Crippen LogP contribution in [0.15, 0.2) is 122 Å². The van der Waals surface area contributed by atoms with Crippen LogP contribution in [0.25, 0.3) is 21.8 Å². The molecule has 7 heteroatoms. The Hall–Kier alpha value is -5.56. The number of para-hydroxylation sites is 3. The highest BCUT2D eigenvalue weighted by Crippen LogP contribution is 2.31. The number of nitrogens with zero attached hydrogens (tertiary/aromatic N) is 3. The van der Waals surface area contributed by atoms with Gasteiger partial charge in [-0.25, -0.2) is 0 Å². The second-order valence-electron chi connectivity index (χ2n) is 14.6. The lowest BCUT2D eigenvalue weighted by Gasteiger charge is -2.24. The van der Waals surface area contributed by atoms with Crippen molar-refractivity contribution < 1.29 is 9.59 Å². The summed E-state index contributed by atoms with van der Waals surface area (Å²) in [5.41, 5.74) is 7.13. The number of hydrogen-bond donors (Lipinski definition) is 2. The third-order valence-electron chi connectivity index (χ3n) is 9.70. The third-order valence-corrected chi connectivity index (χ3v) is 9.70. The van der Waals surface area contributed by atoms with Gasteiger partial charge in [0.1, 0.15) is 0 Å². The summed E-state index contributed by atoms with van der Waals surface area (Å²) < 4.78 is 0. The molecule has 0 bridgehead atoms. The van der Waals surface area contributed by atoms with E-state index in [1.807, 2.05) is 104 Å². The van der Waals surface area contributed by atoms with Gasteiger partial charge in [0.05, 0.1) is 40.4 Å². The standard InChI is InChI=1S/C23H25N3O.C22H24N2O/c27-23(26-19-14-18-10-4-6-12-21(18)25-16-19)20-11-5-7-13-22(20)24-15-17-8-2-1-3-9-17;1-5-21(25)24(18-12-10-17(11-13-18)22(2,3)4)19-14-16-8-6-7-9-20(16)23-15-19/h4-7,10-14,16-17,24H,1-3,8-9,15H2,(H,26,27);6-15H,5H2,1-4H3. The molecule has 2 N–H and O–H groups in total. The summed E-state index contributed by atoms with van der Waals surface area (Å²) in [6.45, 7) is 9.37. The smallest absolute Gasteiger partial charge is 0.257 e. The SMILES string of the molecule is CCC(=O)N(c1ccc(C(C)(C)C)cc1)c1cnc2ccccc2c1.O=C(Nc1cnc2ccccc2c1)c1ccccc1NCC1CCCCC1. The molecule has 0 spiro atoms. The molecular formula is C45H49N5O2. The number of nitrogens with one attached hydrogen (secondary N) is 2. The Morgan fingerprint density at radius 2 is 1.35 bits per heavy atom. The lowest BCUT2D eigenvalue weighted by Crippen LogP contribution is -2.25. The van der Waals surface area contributed by atoms with Gasteiger partial charge in [0.25, 0.3) is 5.91 Å².